The minimum Gasteiger partial charge on any atom is -0.464 e. The number of carbonyl (C=O) groups is 1. The van der Waals surface area contributed by atoms with Crippen molar-refractivity contribution in [1.29, 1.82) is 5.26 Å². The fourth-order valence-corrected chi connectivity index (χ4v) is 4.46. The highest BCUT2D eigenvalue weighted by Gasteiger charge is 2.33. The van der Waals surface area contributed by atoms with Crippen LogP contribution in [0.25, 0.3) is 0 Å². The standard InChI is InChI=1S/C11H15N3O4S2/c1-8(2)14(6-4-5-12)20(16,17)11-9(10(15)18-3)13-7-19-11/h7-8H,4,6H2,1-3H3. The largest absolute Gasteiger partial charge is 0.464 e. The van der Waals surface area contributed by atoms with Gasteiger partial charge in [-0.1, -0.05) is 0 Å². The molecule has 0 aliphatic rings. The quantitative estimate of drug-likeness (QED) is 0.732. The van der Waals surface area contributed by atoms with E-state index in [2.05, 4.69) is 9.72 Å². The molecule has 0 unspecified atom stereocenters. The second kappa shape index (κ2) is 6.78. The Bertz CT molecular complexity index is 616. The van der Waals surface area contributed by atoms with Crippen molar-refractivity contribution in [3.63, 3.8) is 0 Å². The van der Waals surface area contributed by atoms with Crippen LogP contribution in [-0.2, 0) is 14.8 Å². The number of esters is 1. The van der Waals surface area contributed by atoms with Crippen LogP contribution >= 0.6 is 11.3 Å². The van der Waals surface area contributed by atoms with Crippen molar-refractivity contribution >= 4 is 27.3 Å². The number of thiazole rings is 1. The van der Waals surface area contributed by atoms with E-state index in [0.29, 0.717) is 0 Å². The maximum atomic E-state index is 12.6. The average molecular weight is 317 g/mol. The lowest BCUT2D eigenvalue weighted by Gasteiger charge is -2.24. The first-order valence-electron chi connectivity index (χ1n) is 5.76. The third-order valence-electron chi connectivity index (χ3n) is 2.48. The number of ether oxygens (including phenoxy) is 1. The van der Waals surface area contributed by atoms with Crippen molar-refractivity contribution in [2.24, 2.45) is 0 Å². The van der Waals surface area contributed by atoms with Gasteiger partial charge in [0.2, 0.25) is 0 Å². The summed E-state index contributed by atoms with van der Waals surface area (Å²) in [6.07, 6.45) is 0.0732. The summed E-state index contributed by atoms with van der Waals surface area (Å²) in [5.74, 6) is -0.797. The van der Waals surface area contributed by atoms with Crippen LogP contribution in [0.5, 0.6) is 0 Å². The average Bonchev–Trinajstić information content (AvgIpc) is 2.87. The van der Waals surface area contributed by atoms with Crippen molar-refractivity contribution in [3.05, 3.63) is 11.2 Å². The molecule has 0 atom stereocenters. The lowest BCUT2D eigenvalue weighted by molar-refractivity contribution is 0.0590. The zero-order valence-corrected chi connectivity index (χ0v) is 13.0. The van der Waals surface area contributed by atoms with E-state index < -0.39 is 16.0 Å². The molecule has 0 fully saturated rings. The normalized spacial score (nSPS) is 11.6. The number of nitriles is 1. The molecular weight excluding hydrogens is 302 g/mol. The van der Waals surface area contributed by atoms with Gasteiger partial charge in [-0.05, 0) is 13.8 Å². The predicted molar refractivity (Wildman–Crippen MR) is 72.7 cm³/mol. The molecule has 0 spiro atoms. The molecule has 110 valence electrons. The van der Waals surface area contributed by atoms with E-state index in [1.807, 2.05) is 6.07 Å². The molecule has 1 rings (SSSR count). The molecule has 0 bridgehead atoms. The van der Waals surface area contributed by atoms with Gasteiger partial charge in [-0.25, -0.2) is 18.2 Å². The summed E-state index contributed by atoms with van der Waals surface area (Å²) in [7, 11) is -2.72. The number of nitrogens with zero attached hydrogens (tertiary/aromatic N) is 3. The van der Waals surface area contributed by atoms with Crippen molar-refractivity contribution in [2.75, 3.05) is 13.7 Å². The highest BCUT2D eigenvalue weighted by molar-refractivity contribution is 7.91. The van der Waals surface area contributed by atoms with E-state index in [0.717, 1.165) is 18.4 Å². The van der Waals surface area contributed by atoms with Crippen LogP contribution in [0.1, 0.15) is 30.8 Å². The van der Waals surface area contributed by atoms with Gasteiger partial charge in [-0.2, -0.15) is 9.57 Å². The fourth-order valence-electron chi connectivity index (χ4n) is 1.57. The van der Waals surface area contributed by atoms with Crippen molar-refractivity contribution in [3.8, 4) is 6.07 Å². The zero-order valence-electron chi connectivity index (χ0n) is 11.4. The summed E-state index contributed by atoms with van der Waals surface area (Å²) in [4.78, 5) is 15.3. The van der Waals surface area contributed by atoms with Crippen LogP contribution < -0.4 is 0 Å². The number of hydrogen-bond acceptors (Lipinski definition) is 7. The number of carbonyl (C=O) groups excluding carboxylic acids is 1. The Balaban J connectivity index is 3.24. The van der Waals surface area contributed by atoms with Gasteiger partial charge < -0.3 is 4.74 Å². The monoisotopic (exact) mass is 317 g/mol. The number of methoxy groups -OCH3 is 1. The number of hydrogen-bond donors (Lipinski definition) is 0. The summed E-state index contributed by atoms with van der Waals surface area (Å²) in [5, 5.41) is 8.62. The van der Waals surface area contributed by atoms with Crippen LogP contribution in [0.2, 0.25) is 0 Å². The molecule has 0 aromatic carbocycles. The Labute approximate surface area is 121 Å². The van der Waals surface area contributed by atoms with Gasteiger partial charge in [0, 0.05) is 19.0 Å². The van der Waals surface area contributed by atoms with E-state index >= 15 is 0 Å². The van der Waals surface area contributed by atoms with E-state index in [4.69, 9.17) is 5.26 Å². The summed E-state index contributed by atoms with van der Waals surface area (Å²) in [5.41, 5.74) is 1.06. The van der Waals surface area contributed by atoms with Crippen LogP contribution in [0, 0.1) is 11.3 Å². The van der Waals surface area contributed by atoms with Gasteiger partial charge in [0.15, 0.2) is 9.90 Å². The third-order valence-corrected chi connectivity index (χ3v) is 5.90. The molecule has 0 saturated heterocycles. The van der Waals surface area contributed by atoms with Gasteiger partial charge in [0.05, 0.1) is 18.7 Å². The van der Waals surface area contributed by atoms with Crippen molar-refractivity contribution in [2.45, 2.75) is 30.5 Å². The Morgan fingerprint density at radius 3 is 2.75 bits per heavy atom. The highest BCUT2D eigenvalue weighted by atomic mass is 32.2. The first-order valence-corrected chi connectivity index (χ1v) is 8.08. The minimum atomic E-state index is -3.88. The molecule has 9 heteroatoms. The molecule has 1 heterocycles. The minimum absolute atomic E-state index is 0.0645. The molecule has 0 radical (unpaired) electrons. The van der Waals surface area contributed by atoms with Crippen LogP contribution in [0.15, 0.2) is 9.72 Å². The van der Waals surface area contributed by atoms with E-state index in [-0.39, 0.29) is 28.9 Å². The van der Waals surface area contributed by atoms with Crippen LogP contribution in [0.3, 0.4) is 0 Å². The van der Waals surface area contributed by atoms with Crippen LogP contribution in [0.4, 0.5) is 0 Å². The lowest BCUT2D eigenvalue weighted by atomic mass is 10.3. The topological polar surface area (TPSA) is 100 Å². The Morgan fingerprint density at radius 2 is 2.25 bits per heavy atom. The Hall–Kier alpha value is -1.50. The molecule has 0 aliphatic heterocycles. The molecule has 0 saturated carbocycles. The summed E-state index contributed by atoms with van der Waals surface area (Å²) in [6.45, 7) is 3.47. The van der Waals surface area contributed by atoms with E-state index in [1.165, 1.54) is 9.82 Å². The third kappa shape index (κ3) is 3.33. The smallest absolute Gasteiger partial charge is 0.358 e. The van der Waals surface area contributed by atoms with Gasteiger partial charge >= 0.3 is 5.97 Å². The highest BCUT2D eigenvalue weighted by Crippen LogP contribution is 2.26. The first-order chi connectivity index (χ1) is 9.36. The van der Waals surface area contributed by atoms with E-state index in [1.54, 1.807) is 13.8 Å². The van der Waals surface area contributed by atoms with Crippen molar-refractivity contribution in [1.82, 2.24) is 9.29 Å². The molecule has 20 heavy (non-hydrogen) atoms. The summed E-state index contributed by atoms with van der Waals surface area (Å²) < 4.78 is 30.7. The fraction of sp³-hybridized carbons (Fsp3) is 0.545. The first kappa shape index (κ1) is 16.6. The predicted octanol–water partition coefficient (Wildman–Crippen LogP) is 1.24. The molecular formula is C11H15N3O4S2. The number of aromatic nitrogens is 1. The molecule has 0 N–H and O–H groups in total. The number of rotatable bonds is 6. The second-order valence-electron chi connectivity index (χ2n) is 4.10. The SMILES string of the molecule is COC(=O)c1ncsc1S(=O)(=O)N(CCC#N)C(C)C. The van der Waals surface area contributed by atoms with E-state index in [9.17, 15) is 13.2 Å². The number of sulfonamides is 1. The molecule has 0 amide bonds. The molecule has 1 aromatic rings. The molecule has 0 aliphatic carbocycles. The van der Waals surface area contributed by atoms with Crippen LogP contribution in [-0.4, -0.2) is 43.4 Å². The van der Waals surface area contributed by atoms with Gasteiger partial charge in [-0.15, -0.1) is 11.3 Å². The second-order valence-corrected chi connectivity index (χ2v) is 7.04. The maximum Gasteiger partial charge on any atom is 0.358 e. The van der Waals surface area contributed by atoms with Gasteiger partial charge in [0.1, 0.15) is 0 Å². The lowest BCUT2D eigenvalue weighted by Crippen LogP contribution is -2.37. The van der Waals surface area contributed by atoms with Crippen molar-refractivity contribution < 1.29 is 17.9 Å². The zero-order chi connectivity index (χ0) is 15.3. The molecule has 7 nitrogen and oxygen atoms in total. The Kier molecular flexibility index (Phi) is 5.62. The molecule has 1 aromatic heterocycles. The maximum absolute atomic E-state index is 12.6. The van der Waals surface area contributed by atoms with Gasteiger partial charge in [-0.3, -0.25) is 0 Å². The Morgan fingerprint density at radius 1 is 1.60 bits per heavy atom. The summed E-state index contributed by atoms with van der Waals surface area (Å²) >= 11 is 0.855. The van der Waals surface area contributed by atoms with Gasteiger partial charge in [0.25, 0.3) is 10.0 Å². The summed E-state index contributed by atoms with van der Waals surface area (Å²) in [6, 6.07) is 1.58.